The second-order valence-electron chi connectivity index (χ2n) is 6.08. The van der Waals surface area contributed by atoms with Gasteiger partial charge in [0.1, 0.15) is 12.2 Å². The van der Waals surface area contributed by atoms with E-state index in [4.69, 9.17) is 28.3 Å². The standard InChI is InChI=1S/C17H18Cl2N4O3/c18-13-2-1-12(9-14(13)19)10-21-5-7-22(8-6-21)17(26)15-3-4-20-23(15)11-16(24)25/h1-4,9H,5-8,10-11H2,(H,24,25). The molecule has 0 atom stereocenters. The highest BCUT2D eigenvalue weighted by Crippen LogP contribution is 2.23. The van der Waals surface area contributed by atoms with E-state index in [-0.39, 0.29) is 12.5 Å². The summed E-state index contributed by atoms with van der Waals surface area (Å²) < 4.78 is 1.22. The third-order valence-corrected chi connectivity index (χ3v) is 5.01. The van der Waals surface area contributed by atoms with E-state index < -0.39 is 5.97 Å². The Kier molecular flexibility index (Phi) is 5.80. The molecule has 1 aromatic heterocycles. The summed E-state index contributed by atoms with van der Waals surface area (Å²) in [6, 6.07) is 7.12. The molecule has 1 aliphatic heterocycles. The Morgan fingerprint density at radius 3 is 2.46 bits per heavy atom. The number of carbonyl (C=O) groups is 2. The van der Waals surface area contributed by atoms with Crippen LogP contribution in [0.5, 0.6) is 0 Å². The van der Waals surface area contributed by atoms with Crippen LogP contribution in [-0.4, -0.2) is 62.7 Å². The van der Waals surface area contributed by atoms with Gasteiger partial charge < -0.3 is 10.0 Å². The maximum absolute atomic E-state index is 12.6. The van der Waals surface area contributed by atoms with E-state index >= 15 is 0 Å². The maximum Gasteiger partial charge on any atom is 0.325 e. The van der Waals surface area contributed by atoms with Crippen LogP contribution >= 0.6 is 23.2 Å². The molecule has 7 nitrogen and oxygen atoms in total. The zero-order chi connectivity index (χ0) is 18.7. The van der Waals surface area contributed by atoms with Crippen LogP contribution in [0.1, 0.15) is 16.1 Å². The number of benzene rings is 1. The highest BCUT2D eigenvalue weighted by atomic mass is 35.5. The van der Waals surface area contributed by atoms with E-state index in [2.05, 4.69) is 10.00 Å². The Bertz CT molecular complexity index is 816. The Morgan fingerprint density at radius 2 is 1.81 bits per heavy atom. The van der Waals surface area contributed by atoms with Gasteiger partial charge in [-0.15, -0.1) is 0 Å². The Labute approximate surface area is 160 Å². The summed E-state index contributed by atoms with van der Waals surface area (Å²) in [5, 5.41) is 13.9. The minimum atomic E-state index is -1.03. The molecule has 0 aliphatic carbocycles. The molecule has 1 aliphatic rings. The van der Waals surface area contributed by atoms with Crippen LogP contribution in [0.4, 0.5) is 0 Å². The van der Waals surface area contributed by atoms with Crippen molar-refractivity contribution in [3.63, 3.8) is 0 Å². The van der Waals surface area contributed by atoms with Crippen LogP contribution in [0.3, 0.4) is 0 Å². The summed E-state index contributed by atoms with van der Waals surface area (Å²) in [6.45, 7) is 2.98. The number of aromatic nitrogens is 2. The first-order valence-electron chi connectivity index (χ1n) is 8.13. The van der Waals surface area contributed by atoms with E-state index in [1.54, 1.807) is 17.0 Å². The zero-order valence-electron chi connectivity index (χ0n) is 13.9. The molecule has 0 spiro atoms. The van der Waals surface area contributed by atoms with Gasteiger partial charge in [0.05, 0.1) is 10.0 Å². The van der Waals surface area contributed by atoms with Gasteiger partial charge in [0, 0.05) is 38.9 Å². The van der Waals surface area contributed by atoms with Gasteiger partial charge in [0.2, 0.25) is 0 Å². The van der Waals surface area contributed by atoms with E-state index in [9.17, 15) is 9.59 Å². The van der Waals surface area contributed by atoms with Gasteiger partial charge in [-0.05, 0) is 23.8 Å². The second kappa shape index (κ2) is 8.07. The highest BCUT2D eigenvalue weighted by molar-refractivity contribution is 6.42. The first-order valence-corrected chi connectivity index (χ1v) is 8.89. The predicted molar refractivity (Wildman–Crippen MR) is 97.5 cm³/mol. The maximum atomic E-state index is 12.6. The summed E-state index contributed by atoms with van der Waals surface area (Å²) in [4.78, 5) is 27.5. The Hall–Kier alpha value is -2.09. The lowest BCUT2D eigenvalue weighted by molar-refractivity contribution is -0.137. The number of nitrogens with zero attached hydrogens (tertiary/aromatic N) is 4. The van der Waals surface area contributed by atoms with Crippen molar-refractivity contribution < 1.29 is 14.7 Å². The lowest BCUT2D eigenvalue weighted by Gasteiger charge is -2.34. The van der Waals surface area contributed by atoms with Crippen molar-refractivity contribution in [2.24, 2.45) is 0 Å². The average molecular weight is 397 g/mol. The third-order valence-electron chi connectivity index (χ3n) is 4.27. The van der Waals surface area contributed by atoms with E-state index in [0.29, 0.717) is 28.8 Å². The molecule has 1 saturated heterocycles. The van der Waals surface area contributed by atoms with Gasteiger partial charge in [-0.25, -0.2) is 4.68 Å². The molecule has 1 N–H and O–H groups in total. The number of carboxylic acid groups (broad SMARTS) is 1. The first-order chi connectivity index (χ1) is 12.4. The van der Waals surface area contributed by atoms with E-state index in [0.717, 1.165) is 25.2 Å². The SMILES string of the molecule is O=C(O)Cn1nccc1C(=O)N1CCN(Cc2ccc(Cl)c(Cl)c2)CC1. The van der Waals surface area contributed by atoms with E-state index in [1.165, 1.54) is 10.9 Å². The van der Waals surface area contributed by atoms with Crippen molar-refractivity contribution in [3.05, 3.63) is 51.8 Å². The molecule has 1 aromatic carbocycles. The number of amides is 1. The fourth-order valence-corrected chi connectivity index (χ4v) is 3.26. The molecule has 138 valence electrons. The summed E-state index contributed by atoms with van der Waals surface area (Å²) >= 11 is 12.0. The summed E-state index contributed by atoms with van der Waals surface area (Å²) in [5.41, 5.74) is 1.36. The molecular formula is C17H18Cl2N4O3. The molecular weight excluding hydrogens is 379 g/mol. The molecule has 0 bridgehead atoms. The van der Waals surface area contributed by atoms with Gasteiger partial charge in [0.15, 0.2) is 0 Å². The molecule has 1 amide bonds. The highest BCUT2D eigenvalue weighted by Gasteiger charge is 2.25. The van der Waals surface area contributed by atoms with Crippen molar-refractivity contribution in [2.45, 2.75) is 13.1 Å². The van der Waals surface area contributed by atoms with Gasteiger partial charge in [0.25, 0.3) is 5.91 Å². The molecule has 26 heavy (non-hydrogen) atoms. The minimum Gasteiger partial charge on any atom is -0.480 e. The quantitative estimate of drug-likeness (QED) is 0.837. The van der Waals surface area contributed by atoms with Crippen molar-refractivity contribution in [1.82, 2.24) is 19.6 Å². The fourth-order valence-electron chi connectivity index (χ4n) is 2.94. The molecule has 3 rings (SSSR count). The Morgan fingerprint density at radius 1 is 1.08 bits per heavy atom. The third kappa shape index (κ3) is 4.35. The summed E-state index contributed by atoms with van der Waals surface area (Å²) in [7, 11) is 0. The topological polar surface area (TPSA) is 78.7 Å². The predicted octanol–water partition coefficient (Wildman–Crippen LogP) is 2.23. The number of aliphatic carboxylic acids is 1. The van der Waals surface area contributed by atoms with Crippen molar-refractivity contribution >= 4 is 35.1 Å². The van der Waals surface area contributed by atoms with Crippen LogP contribution < -0.4 is 0 Å². The molecule has 0 saturated carbocycles. The van der Waals surface area contributed by atoms with Crippen LogP contribution in [0, 0.1) is 0 Å². The summed E-state index contributed by atoms with van der Waals surface area (Å²) in [6.07, 6.45) is 1.44. The number of piperazine rings is 1. The van der Waals surface area contributed by atoms with Crippen LogP contribution in [0.2, 0.25) is 10.0 Å². The largest absolute Gasteiger partial charge is 0.480 e. The van der Waals surface area contributed by atoms with Crippen molar-refractivity contribution in [2.75, 3.05) is 26.2 Å². The number of carbonyl (C=O) groups excluding carboxylic acids is 1. The van der Waals surface area contributed by atoms with Gasteiger partial charge in [-0.2, -0.15) is 5.10 Å². The lowest BCUT2D eigenvalue weighted by Crippen LogP contribution is -2.48. The molecule has 0 radical (unpaired) electrons. The first kappa shape index (κ1) is 18.7. The smallest absolute Gasteiger partial charge is 0.325 e. The molecule has 9 heteroatoms. The number of hydrogen-bond acceptors (Lipinski definition) is 4. The van der Waals surface area contributed by atoms with Crippen LogP contribution in [0.15, 0.2) is 30.5 Å². The second-order valence-corrected chi connectivity index (χ2v) is 6.90. The number of hydrogen-bond donors (Lipinski definition) is 1. The lowest BCUT2D eigenvalue weighted by atomic mass is 10.2. The number of halogens is 2. The molecule has 1 fully saturated rings. The number of rotatable bonds is 5. The average Bonchev–Trinajstić information content (AvgIpc) is 3.05. The number of carboxylic acids is 1. The Balaban J connectivity index is 1.58. The normalized spacial score (nSPS) is 15.2. The molecule has 0 unspecified atom stereocenters. The zero-order valence-corrected chi connectivity index (χ0v) is 15.4. The van der Waals surface area contributed by atoms with Gasteiger partial charge in [-0.1, -0.05) is 29.3 Å². The fraction of sp³-hybridized carbons (Fsp3) is 0.353. The van der Waals surface area contributed by atoms with Gasteiger partial charge >= 0.3 is 5.97 Å². The van der Waals surface area contributed by atoms with E-state index in [1.807, 2.05) is 12.1 Å². The molecule has 2 aromatic rings. The van der Waals surface area contributed by atoms with Gasteiger partial charge in [-0.3, -0.25) is 14.5 Å². The summed E-state index contributed by atoms with van der Waals surface area (Å²) in [5.74, 6) is -1.23. The molecule has 2 heterocycles. The van der Waals surface area contributed by atoms with Crippen molar-refractivity contribution in [1.29, 1.82) is 0 Å². The van der Waals surface area contributed by atoms with Crippen LogP contribution in [0.25, 0.3) is 0 Å². The van der Waals surface area contributed by atoms with Crippen LogP contribution in [-0.2, 0) is 17.9 Å². The van der Waals surface area contributed by atoms with Crippen molar-refractivity contribution in [3.8, 4) is 0 Å². The monoisotopic (exact) mass is 396 g/mol. The minimum absolute atomic E-state index is 0.196.